The topological polar surface area (TPSA) is 122 Å². The van der Waals surface area contributed by atoms with E-state index in [9.17, 15) is 24.0 Å². The molecule has 0 radical (unpaired) electrons. The van der Waals surface area contributed by atoms with Crippen LogP contribution in [0.3, 0.4) is 0 Å². The molecule has 0 fully saturated rings. The van der Waals surface area contributed by atoms with Crippen molar-refractivity contribution in [3.05, 3.63) is 179 Å². The number of carbonyl (C=O) groups is 5. The van der Waals surface area contributed by atoms with Crippen LogP contribution in [0.15, 0.2) is 151 Å². The number of methoxy groups -OCH3 is 1. The summed E-state index contributed by atoms with van der Waals surface area (Å²) < 4.78 is 22.8. The van der Waals surface area contributed by atoms with Gasteiger partial charge in [-0.2, -0.15) is 0 Å². The fourth-order valence-electron chi connectivity index (χ4n) is 5.51. The van der Waals surface area contributed by atoms with E-state index in [-0.39, 0.29) is 47.4 Å². The number of ether oxygens (including phenoxy) is 4. The van der Waals surface area contributed by atoms with Crippen LogP contribution in [0.5, 0.6) is 11.5 Å². The molecule has 52 heavy (non-hydrogen) atoms. The van der Waals surface area contributed by atoms with E-state index in [1.165, 1.54) is 7.11 Å². The highest BCUT2D eigenvalue weighted by molar-refractivity contribution is 6.46. The van der Waals surface area contributed by atoms with Crippen LogP contribution in [-0.4, -0.2) is 55.8 Å². The lowest BCUT2D eigenvalue weighted by molar-refractivity contribution is -0.117. The molecule has 9 heteroatoms. The summed E-state index contributed by atoms with van der Waals surface area (Å²) in [4.78, 5) is 66.5. The monoisotopic (exact) mass is 692 g/mol. The van der Waals surface area contributed by atoms with E-state index in [1.54, 1.807) is 127 Å². The van der Waals surface area contributed by atoms with Crippen LogP contribution in [0.2, 0.25) is 0 Å². The minimum absolute atomic E-state index is 0.0651. The first kappa shape index (κ1) is 35.0. The molecule has 5 aromatic carbocycles. The first-order valence-electron chi connectivity index (χ1n) is 16.3. The van der Waals surface area contributed by atoms with Crippen molar-refractivity contribution in [1.29, 1.82) is 0 Å². The van der Waals surface area contributed by atoms with Gasteiger partial charge in [-0.3, -0.25) is 24.0 Å². The maximum atomic E-state index is 14.3. The van der Waals surface area contributed by atoms with Crippen LogP contribution in [-0.2, 0) is 19.1 Å². The molecule has 0 amide bonds. The molecule has 0 unspecified atom stereocenters. The molecular formula is C43H32O9. The molecule has 0 aromatic heterocycles. The molecule has 9 nitrogen and oxygen atoms in total. The van der Waals surface area contributed by atoms with Crippen molar-refractivity contribution in [2.24, 2.45) is 0 Å². The van der Waals surface area contributed by atoms with E-state index < -0.39 is 24.0 Å². The van der Waals surface area contributed by atoms with Crippen LogP contribution < -0.4 is 9.47 Å². The first-order valence-corrected chi connectivity index (χ1v) is 16.3. The van der Waals surface area contributed by atoms with E-state index in [2.05, 4.69) is 0 Å². The maximum absolute atomic E-state index is 14.3. The first-order chi connectivity index (χ1) is 25.3. The fraction of sp³-hybridized carbons (Fsp3) is 0.0930. The van der Waals surface area contributed by atoms with Crippen molar-refractivity contribution >= 4 is 40.1 Å². The van der Waals surface area contributed by atoms with E-state index in [1.807, 2.05) is 12.1 Å². The van der Waals surface area contributed by atoms with Crippen LogP contribution >= 0.6 is 0 Å². The van der Waals surface area contributed by atoms with Crippen molar-refractivity contribution in [3.63, 3.8) is 0 Å². The van der Waals surface area contributed by atoms with Gasteiger partial charge in [0, 0.05) is 16.7 Å². The van der Waals surface area contributed by atoms with Gasteiger partial charge in [0.15, 0.2) is 48.7 Å². The Kier molecular flexibility index (Phi) is 10.9. The number of hydrogen-bond donors (Lipinski definition) is 0. The Labute approximate surface area is 299 Å². The summed E-state index contributed by atoms with van der Waals surface area (Å²) in [6, 6.07) is 38.5. The average molecular weight is 693 g/mol. The molecule has 1 aliphatic carbocycles. The molecule has 0 bridgehead atoms. The number of carbonyl (C=O) groups excluding carboxylic acids is 5. The molecule has 6 rings (SSSR count). The van der Waals surface area contributed by atoms with Crippen LogP contribution in [0.1, 0.15) is 42.2 Å². The lowest BCUT2D eigenvalue weighted by Crippen LogP contribution is -2.26. The second-order valence-electron chi connectivity index (χ2n) is 11.6. The Balaban J connectivity index is 1.27. The standard InChI is InChI=1S/C43H32O9/c1-49-42-38(31-17-21-33(22-18-31)50-25-35(44)28-11-5-2-6-12-28)41(48)43(52-27-37(46)30-15-9-4-10-16-30)39(40(42)47)32-19-23-34(24-20-32)51-26-36(45)29-13-7-3-8-14-29/h2-24H,25-27H2,1H3. The summed E-state index contributed by atoms with van der Waals surface area (Å²) in [5, 5.41) is 0. The summed E-state index contributed by atoms with van der Waals surface area (Å²) in [7, 11) is 1.29. The molecular weight excluding hydrogens is 660 g/mol. The van der Waals surface area contributed by atoms with Gasteiger partial charge in [-0.15, -0.1) is 0 Å². The lowest BCUT2D eigenvalue weighted by Gasteiger charge is -2.23. The number of allylic oxidation sites excluding steroid dienone is 2. The normalized spacial score (nSPS) is 12.7. The van der Waals surface area contributed by atoms with Gasteiger partial charge in [-0.25, -0.2) is 0 Å². The van der Waals surface area contributed by atoms with E-state index >= 15 is 0 Å². The highest BCUT2D eigenvalue weighted by atomic mass is 16.5. The number of rotatable bonds is 15. The molecule has 1 aliphatic rings. The molecule has 5 aromatic rings. The van der Waals surface area contributed by atoms with Crippen molar-refractivity contribution in [2.45, 2.75) is 0 Å². The van der Waals surface area contributed by atoms with Gasteiger partial charge in [0.2, 0.25) is 11.6 Å². The van der Waals surface area contributed by atoms with Crippen LogP contribution in [0.4, 0.5) is 0 Å². The molecule has 0 saturated heterocycles. The third kappa shape index (κ3) is 7.95. The van der Waals surface area contributed by atoms with Gasteiger partial charge in [0.05, 0.1) is 18.3 Å². The van der Waals surface area contributed by atoms with Crippen LogP contribution in [0.25, 0.3) is 11.1 Å². The zero-order valence-electron chi connectivity index (χ0n) is 28.1. The van der Waals surface area contributed by atoms with Gasteiger partial charge in [0.1, 0.15) is 11.5 Å². The Morgan fingerprint density at radius 2 is 0.750 bits per heavy atom. The molecule has 0 N–H and O–H groups in total. The van der Waals surface area contributed by atoms with E-state index in [0.29, 0.717) is 39.3 Å². The summed E-state index contributed by atoms with van der Waals surface area (Å²) in [5.41, 5.74) is 1.88. The Morgan fingerprint density at radius 3 is 1.12 bits per heavy atom. The van der Waals surface area contributed by atoms with Gasteiger partial charge in [0.25, 0.3) is 0 Å². The summed E-state index contributed by atoms with van der Waals surface area (Å²) in [5.74, 6) is -1.93. The van der Waals surface area contributed by atoms with Crippen molar-refractivity contribution in [2.75, 3.05) is 26.9 Å². The summed E-state index contributed by atoms with van der Waals surface area (Å²) >= 11 is 0. The predicted molar refractivity (Wildman–Crippen MR) is 193 cm³/mol. The third-order valence-corrected chi connectivity index (χ3v) is 8.19. The van der Waals surface area contributed by atoms with Crippen molar-refractivity contribution in [1.82, 2.24) is 0 Å². The van der Waals surface area contributed by atoms with E-state index in [4.69, 9.17) is 18.9 Å². The second-order valence-corrected chi connectivity index (χ2v) is 11.6. The Hall–Kier alpha value is -6.87. The highest BCUT2D eigenvalue weighted by Gasteiger charge is 2.39. The quantitative estimate of drug-likeness (QED) is 0.0841. The molecule has 0 atom stereocenters. The van der Waals surface area contributed by atoms with Gasteiger partial charge < -0.3 is 18.9 Å². The van der Waals surface area contributed by atoms with Crippen molar-refractivity contribution < 1.29 is 42.9 Å². The smallest absolute Gasteiger partial charge is 0.232 e. The third-order valence-electron chi connectivity index (χ3n) is 8.19. The average Bonchev–Trinajstić information content (AvgIpc) is 3.20. The SMILES string of the molecule is COC1=C(c2ccc(OCC(=O)c3ccccc3)cc2)C(=O)C(OCC(=O)c2ccccc2)=C(c2ccc(OCC(=O)c3ccccc3)cc2)C1=O. The second kappa shape index (κ2) is 16.2. The van der Waals surface area contributed by atoms with Gasteiger partial charge >= 0.3 is 0 Å². The molecule has 0 aliphatic heterocycles. The highest BCUT2D eigenvalue weighted by Crippen LogP contribution is 2.37. The van der Waals surface area contributed by atoms with Gasteiger partial charge in [-0.05, 0) is 35.4 Å². The minimum atomic E-state index is -0.672. The maximum Gasteiger partial charge on any atom is 0.232 e. The summed E-state index contributed by atoms with van der Waals surface area (Å²) in [6.45, 7) is -0.908. The van der Waals surface area contributed by atoms with Crippen molar-refractivity contribution in [3.8, 4) is 11.5 Å². The fourth-order valence-corrected chi connectivity index (χ4v) is 5.51. The number of Topliss-reactive ketones (excluding diaryl/α,β-unsaturated/α-hetero) is 5. The molecule has 258 valence electrons. The number of ketones is 5. The van der Waals surface area contributed by atoms with E-state index in [0.717, 1.165) is 0 Å². The lowest BCUT2D eigenvalue weighted by atomic mass is 9.86. The van der Waals surface area contributed by atoms with Crippen LogP contribution in [0, 0.1) is 0 Å². The Morgan fingerprint density at radius 1 is 0.423 bits per heavy atom. The molecule has 0 saturated carbocycles. The number of benzene rings is 5. The largest absolute Gasteiger partial charge is 0.492 e. The zero-order valence-corrected chi connectivity index (χ0v) is 28.1. The minimum Gasteiger partial charge on any atom is -0.492 e. The predicted octanol–water partition coefficient (Wildman–Crippen LogP) is 7.03. The molecule has 0 spiro atoms. The zero-order chi connectivity index (χ0) is 36.5. The summed E-state index contributed by atoms with van der Waals surface area (Å²) in [6.07, 6.45) is 0. The molecule has 0 heterocycles. The van der Waals surface area contributed by atoms with Gasteiger partial charge in [-0.1, -0.05) is 115 Å². The number of hydrogen-bond acceptors (Lipinski definition) is 9. The Bertz CT molecular complexity index is 2170.